The number of hydrogen-bond acceptors (Lipinski definition) is 4. The van der Waals surface area contributed by atoms with Crippen LogP contribution in [-0.2, 0) is 4.79 Å². The minimum absolute atomic E-state index is 0.0379. The fraction of sp³-hybridized carbons (Fsp3) is 0.200. The van der Waals surface area contributed by atoms with E-state index < -0.39 is 5.54 Å². The Kier molecular flexibility index (Phi) is 5.89. The third kappa shape index (κ3) is 4.69. The van der Waals surface area contributed by atoms with Gasteiger partial charge in [0.05, 0.1) is 0 Å². The number of primary amides is 1. The zero-order valence-electron chi connectivity index (χ0n) is 17.3. The first-order valence-corrected chi connectivity index (χ1v) is 10.4. The highest BCUT2D eigenvalue weighted by Crippen LogP contribution is 2.28. The van der Waals surface area contributed by atoms with Crippen molar-refractivity contribution in [3.05, 3.63) is 90.5 Å². The lowest BCUT2D eigenvalue weighted by Crippen LogP contribution is -2.57. The van der Waals surface area contributed by atoms with E-state index in [4.69, 9.17) is 5.73 Å². The number of nitrogens with zero attached hydrogens (tertiary/aromatic N) is 1. The predicted octanol–water partition coefficient (Wildman–Crippen LogP) is 4.00. The number of hydrogen-bond donors (Lipinski definition) is 3. The second kappa shape index (κ2) is 8.92. The molecule has 1 heterocycles. The number of anilines is 3. The van der Waals surface area contributed by atoms with Crippen molar-refractivity contribution >= 4 is 28.9 Å². The fourth-order valence-corrected chi connectivity index (χ4v) is 3.89. The van der Waals surface area contributed by atoms with Gasteiger partial charge in [-0.15, -0.1) is 0 Å². The summed E-state index contributed by atoms with van der Waals surface area (Å²) in [6, 6.07) is 26.9. The van der Waals surface area contributed by atoms with Crippen LogP contribution in [0.25, 0.3) is 0 Å². The first-order valence-electron chi connectivity index (χ1n) is 10.4. The molecular formula is C25H26N4O2. The molecule has 1 fully saturated rings. The Hall–Kier alpha value is -3.80. The quantitative estimate of drug-likeness (QED) is 0.569. The van der Waals surface area contributed by atoms with E-state index in [2.05, 4.69) is 10.6 Å². The molecule has 0 radical (unpaired) electrons. The first kappa shape index (κ1) is 20.5. The highest BCUT2D eigenvalue weighted by Gasteiger charge is 2.41. The van der Waals surface area contributed by atoms with Crippen molar-refractivity contribution in [2.75, 3.05) is 23.7 Å². The molecule has 1 aliphatic heterocycles. The zero-order valence-corrected chi connectivity index (χ0v) is 17.3. The van der Waals surface area contributed by atoms with Crippen molar-refractivity contribution in [2.24, 2.45) is 5.73 Å². The lowest BCUT2D eigenvalue weighted by molar-refractivity contribution is -0.123. The van der Waals surface area contributed by atoms with Crippen LogP contribution in [0.4, 0.5) is 17.1 Å². The van der Waals surface area contributed by atoms with Gasteiger partial charge in [0, 0.05) is 35.7 Å². The molecule has 3 aromatic rings. The van der Waals surface area contributed by atoms with E-state index in [0.717, 1.165) is 17.1 Å². The van der Waals surface area contributed by atoms with E-state index in [1.807, 2.05) is 84.9 Å². The third-order valence-corrected chi connectivity index (χ3v) is 5.73. The van der Waals surface area contributed by atoms with Gasteiger partial charge in [-0.05, 0) is 61.4 Å². The second-order valence-electron chi connectivity index (χ2n) is 7.80. The molecule has 0 spiro atoms. The van der Waals surface area contributed by atoms with Gasteiger partial charge in [0.2, 0.25) is 5.91 Å². The molecule has 0 unspecified atom stereocenters. The lowest BCUT2D eigenvalue weighted by atomic mass is 9.86. The third-order valence-electron chi connectivity index (χ3n) is 5.73. The Morgan fingerprint density at radius 2 is 1.26 bits per heavy atom. The van der Waals surface area contributed by atoms with Crippen molar-refractivity contribution in [3.8, 4) is 0 Å². The smallest absolute Gasteiger partial charge is 0.253 e. The largest absolute Gasteiger partial charge is 0.371 e. The predicted molar refractivity (Wildman–Crippen MR) is 123 cm³/mol. The maximum atomic E-state index is 13.0. The van der Waals surface area contributed by atoms with Crippen LogP contribution in [-0.4, -0.2) is 35.3 Å². The molecule has 0 saturated carbocycles. The van der Waals surface area contributed by atoms with E-state index in [9.17, 15) is 9.59 Å². The normalized spacial score (nSPS) is 15.2. The molecule has 0 bridgehead atoms. The second-order valence-corrected chi connectivity index (χ2v) is 7.80. The Labute approximate surface area is 182 Å². The Bertz CT molecular complexity index is 1030. The van der Waals surface area contributed by atoms with Crippen LogP contribution in [0.15, 0.2) is 84.9 Å². The number of likely N-dealkylation sites (tertiary alicyclic amines) is 1. The Balaban J connectivity index is 1.39. The number of rotatable bonds is 6. The number of amides is 2. The maximum absolute atomic E-state index is 13.0. The summed E-state index contributed by atoms with van der Waals surface area (Å²) in [5.41, 5.74) is 8.29. The summed E-state index contributed by atoms with van der Waals surface area (Å²) in [5.74, 6) is -0.427. The molecule has 158 valence electrons. The van der Waals surface area contributed by atoms with Gasteiger partial charge in [-0.1, -0.05) is 36.4 Å². The van der Waals surface area contributed by atoms with Crippen LogP contribution in [0, 0.1) is 0 Å². The minimum Gasteiger partial charge on any atom is -0.371 e. The van der Waals surface area contributed by atoms with Crippen LogP contribution in [0.5, 0.6) is 0 Å². The molecule has 2 amide bonds. The summed E-state index contributed by atoms with van der Waals surface area (Å²) in [6.07, 6.45) is 0.938. The van der Waals surface area contributed by atoms with Crippen molar-refractivity contribution < 1.29 is 9.59 Å². The average Bonchev–Trinajstić information content (AvgIpc) is 2.81. The Morgan fingerprint density at radius 1 is 0.742 bits per heavy atom. The van der Waals surface area contributed by atoms with Crippen LogP contribution in [0.3, 0.4) is 0 Å². The van der Waals surface area contributed by atoms with Crippen LogP contribution in [0.2, 0.25) is 0 Å². The summed E-state index contributed by atoms with van der Waals surface area (Å²) in [6.45, 7) is 0.928. The zero-order chi connectivity index (χ0) is 21.7. The fourth-order valence-electron chi connectivity index (χ4n) is 3.89. The minimum atomic E-state index is -0.846. The summed E-state index contributed by atoms with van der Waals surface area (Å²) >= 11 is 0. The summed E-state index contributed by atoms with van der Waals surface area (Å²) in [7, 11) is 0. The SMILES string of the molecule is NC(=O)C1(Nc2ccccc2)CCN(C(=O)c2ccc(Nc3ccccc3)cc2)CC1. The molecule has 1 aliphatic rings. The lowest BCUT2D eigenvalue weighted by Gasteiger charge is -2.40. The number of carbonyl (C=O) groups is 2. The van der Waals surface area contributed by atoms with Gasteiger partial charge >= 0.3 is 0 Å². The average molecular weight is 415 g/mol. The van der Waals surface area contributed by atoms with E-state index in [1.54, 1.807) is 4.90 Å². The molecule has 31 heavy (non-hydrogen) atoms. The van der Waals surface area contributed by atoms with E-state index in [0.29, 0.717) is 31.5 Å². The van der Waals surface area contributed by atoms with Crippen molar-refractivity contribution in [1.82, 2.24) is 4.90 Å². The highest BCUT2D eigenvalue weighted by atomic mass is 16.2. The topological polar surface area (TPSA) is 87.5 Å². The molecule has 0 aromatic heterocycles. The number of carbonyl (C=O) groups excluding carboxylic acids is 2. The number of benzene rings is 3. The molecule has 1 saturated heterocycles. The number of nitrogens with two attached hydrogens (primary N) is 1. The number of para-hydroxylation sites is 2. The molecule has 6 nitrogen and oxygen atoms in total. The molecule has 0 aliphatic carbocycles. The summed E-state index contributed by atoms with van der Waals surface area (Å²) in [4.78, 5) is 27.0. The molecule has 6 heteroatoms. The van der Waals surface area contributed by atoms with Crippen molar-refractivity contribution in [2.45, 2.75) is 18.4 Å². The summed E-state index contributed by atoms with van der Waals surface area (Å²) in [5, 5.41) is 6.61. The van der Waals surface area contributed by atoms with Gasteiger partial charge in [0.15, 0.2) is 0 Å². The Morgan fingerprint density at radius 3 is 1.81 bits per heavy atom. The maximum Gasteiger partial charge on any atom is 0.253 e. The van der Waals surface area contributed by atoms with Gasteiger partial charge in [-0.3, -0.25) is 9.59 Å². The number of piperidine rings is 1. The van der Waals surface area contributed by atoms with Crippen LogP contribution in [0.1, 0.15) is 23.2 Å². The van der Waals surface area contributed by atoms with Gasteiger partial charge in [0.25, 0.3) is 5.91 Å². The van der Waals surface area contributed by atoms with Gasteiger partial charge < -0.3 is 21.3 Å². The first-order chi connectivity index (χ1) is 15.1. The van der Waals surface area contributed by atoms with E-state index in [-0.39, 0.29) is 11.8 Å². The van der Waals surface area contributed by atoms with E-state index >= 15 is 0 Å². The van der Waals surface area contributed by atoms with Crippen molar-refractivity contribution in [1.29, 1.82) is 0 Å². The van der Waals surface area contributed by atoms with Crippen LogP contribution < -0.4 is 16.4 Å². The summed E-state index contributed by atoms with van der Waals surface area (Å²) < 4.78 is 0. The monoisotopic (exact) mass is 414 g/mol. The highest BCUT2D eigenvalue weighted by molar-refractivity contribution is 5.95. The van der Waals surface area contributed by atoms with Crippen molar-refractivity contribution in [3.63, 3.8) is 0 Å². The van der Waals surface area contributed by atoms with Gasteiger partial charge in [0.1, 0.15) is 5.54 Å². The van der Waals surface area contributed by atoms with Gasteiger partial charge in [-0.2, -0.15) is 0 Å². The number of nitrogens with one attached hydrogen (secondary N) is 2. The standard InChI is InChI=1S/C25H26N4O2/c26-24(31)25(28-22-9-5-2-6-10-22)15-17-29(18-16-25)23(30)19-11-13-21(14-12-19)27-20-7-3-1-4-8-20/h1-14,27-28H,15-18H2,(H2,26,31). The molecule has 4 N–H and O–H groups in total. The molecular weight excluding hydrogens is 388 g/mol. The molecule has 0 atom stereocenters. The molecule has 4 rings (SSSR count). The molecule has 3 aromatic carbocycles. The van der Waals surface area contributed by atoms with Gasteiger partial charge in [-0.25, -0.2) is 0 Å². The van der Waals surface area contributed by atoms with E-state index in [1.165, 1.54) is 0 Å². The van der Waals surface area contributed by atoms with Crippen LogP contribution >= 0.6 is 0 Å².